The van der Waals surface area contributed by atoms with Gasteiger partial charge in [0.25, 0.3) is 0 Å². The van der Waals surface area contributed by atoms with Gasteiger partial charge >= 0.3 is 0 Å². The van der Waals surface area contributed by atoms with Crippen LogP contribution in [-0.4, -0.2) is 66.8 Å². The number of carbonyl (C=O) groups excluding carboxylic acids is 2. The fourth-order valence-electron chi connectivity index (χ4n) is 5.52. The van der Waals surface area contributed by atoms with E-state index in [1.54, 1.807) is 0 Å². The molecule has 2 aliphatic rings. The molecule has 5 nitrogen and oxygen atoms in total. The number of ketones is 1. The van der Waals surface area contributed by atoms with Crippen molar-refractivity contribution in [2.45, 2.75) is 71.9 Å². The van der Waals surface area contributed by atoms with Crippen LogP contribution in [-0.2, 0) is 16.0 Å². The van der Waals surface area contributed by atoms with Crippen molar-refractivity contribution in [3.8, 4) is 0 Å². The molecule has 1 N–H and O–H groups in total. The van der Waals surface area contributed by atoms with E-state index >= 15 is 0 Å². The number of hydrogen-bond acceptors (Lipinski definition) is 4. The second-order valence-corrected chi connectivity index (χ2v) is 10.8. The Hall–Kier alpha value is -1.72. The third-order valence-electron chi connectivity index (χ3n) is 7.68. The van der Waals surface area contributed by atoms with Crippen LogP contribution in [0.4, 0.5) is 0 Å². The SMILES string of the molecule is CC[C@H](NC)C(=O)C[C@H](C(=O)N1CC[C@H]2CCN(CCc3ccccc3)C[C@H]21)C(C)(C)C. The van der Waals surface area contributed by atoms with E-state index < -0.39 is 0 Å². The van der Waals surface area contributed by atoms with Crippen LogP contribution in [0.1, 0.15) is 58.9 Å². The number of likely N-dealkylation sites (N-methyl/N-ethyl adjacent to an activating group) is 1. The first-order chi connectivity index (χ1) is 15.2. The van der Waals surface area contributed by atoms with E-state index in [1.165, 1.54) is 12.0 Å². The molecule has 0 aliphatic carbocycles. The van der Waals surface area contributed by atoms with Crippen molar-refractivity contribution in [2.75, 3.05) is 33.2 Å². The Labute approximate surface area is 194 Å². The average Bonchev–Trinajstić information content (AvgIpc) is 3.19. The van der Waals surface area contributed by atoms with E-state index in [9.17, 15) is 9.59 Å². The average molecular weight is 442 g/mol. The summed E-state index contributed by atoms with van der Waals surface area (Å²) in [5.74, 6) is 0.682. The predicted molar refractivity (Wildman–Crippen MR) is 131 cm³/mol. The maximum Gasteiger partial charge on any atom is 0.226 e. The summed E-state index contributed by atoms with van der Waals surface area (Å²) in [4.78, 5) is 31.4. The van der Waals surface area contributed by atoms with Crippen LogP contribution in [0, 0.1) is 17.3 Å². The fraction of sp³-hybridized carbons (Fsp3) is 0.704. The van der Waals surface area contributed by atoms with Crippen LogP contribution in [0.5, 0.6) is 0 Å². The largest absolute Gasteiger partial charge is 0.338 e. The van der Waals surface area contributed by atoms with E-state index in [-0.39, 0.29) is 29.1 Å². The highest BCUT2D eigenvalue weighted by atomic mass is 16.2. The smallest absolute Gasteiger partial charge is 0.226 e. The molecule has 0 spiro atoms. The number of fused-ring (bicyclic) bond motifs is 1. The molecule has 178 valence electrons. The summed E-state index contributed by atoms with van der Waals surface area (Å²) >= 11 is 0. The molecule has 5 heteroatoms. The van der Waals surface area contributed by atoms with Gasteiger partial charge in [-0.2, -0.15) is 0 Å². The summed E-state index contributed by atoms with van der Waals surface area (Å²) in [6, 6.07) is 10.8. The molecule has 0 radical (unpaired) electrons. The summed E-state index contributed by atoms with van der Waals surface area (Å²) < 4.78 is 0. The Morgan fingerprint density at radius 3 is 2.44 bits per heavy atom. The van der Waals surface area contributed by atoms with E-state index in [4.69, 9.17) is 0 Å². The Kier molecular flexibility index (Phi) is 8.51. The summed E-state index contributed by atoms with van der Waals surface area (Å²) in [5.41, 5.74) is 1.13. The van der Waals surface area contributed by atoms with E-state index in [2.05, 4.69) is 66.2 Å². The zero-order valence-corrected chi connectivity index (χ0v) is 20.8. The second-order valence-electron chi connectivity index (χ2n) is 10.8. The number of carbonyl (C=O) groups is 2. The maximum atomic E-state index is 13.8. The van der Waals surface area contributed by atoms with Gasteiger partial charge in [0.15, 0.2) is 5.78 Å². The zero-order chi connectivity index (χ0) is 23.3. The lowest BCUT2D eigenvalue weighted by Crippen LogP contribution is -2.53. The Bertz CT molecular complexity index is 754. The van der Waals surface area contributed by atoms with E-state index in [0.29, 0.717) is 18.4 Å². The fourth-order valence-corrected chi connectivity index (χ4v) is 5.52. The molecule has 1 aromatic carbocycles. The number of rotatable bonds is 9. The van der Waals surface area contributed by atoms with Crippen molar-refractivity contribution >= 4 is 11.7 Å². The van der Waals surface area contributed by atoms with Crippen LogP contribution >= 0.6 is 0 Å². The van der Waals surface area contributed by atoms with Gasteiger partial charge < -0.3 is 15.1 Å². The molecule has 0 bridgehead atoms. The van der Waals surface area contributed by atoms with Crippen molar-refractivity contribution in [3.05, 3.63) is 35.9 Å². The molecule has 1 aromatic rings. The second kappa shape index (κ2) is 10.9. The molecule has 3 rings (SSSR count). The number of Topliss-reactive ketones (excluding diaryl/α,β-unsaturated/α-hetero) is 1. The van der Waals surface area contributed by atoms with Gasteiger partial charge in [0.05, 0.1) is 6.04 Å². The normalized spacial score (nSPS) is 23.6. The predicted octanol–water partition coefficient (Wildman–Crippen LogP) is 3.77. The lowest BCUT2D eigenvalue weighted by molar-refractivity contribution is -0.144. The standard InChI is InChI=1S/C27H43N3O2/c1-6-23(28-5)25(31)18-22(27(2,3)4)26(32)30-17-14-21-13-16-29(19-24(21)30)15-12-20-10-8-7-9-11-20/h7-11,21-24,28H,6,12-19H2,1-5H3/t21-,22-,23+,24-/m1/s1. The van der Waals surface area contributed by atoms with Gasteiger partial charge in [-0.05, 0) is 56.2 Å². The molecule has 1 amide bonds. The van der Waals surface area contributed by atoms with Gasteiger partial charge in [-0.3, -0.25) is 9.59 Å². The van der Waals surface area contributed by atoms with Crippen molar-refractivity contribution < 1.29 is 9.59 Å². The quantitative estimate of drug-likeness (QED) is 0.634. The minimum absolute atomic E-state index is 0.159. The highest BCUT2D eigenvalue weighted by molar-refractivity contribution is 5.90. The number of nitrogens with zero attached hydrogens (tertiary/aromatic N) is 2. The summed E-state index contributed by atoms with van der Waals surface area (Å²) in [6.07, 6.45) is 4.40. The molecular formula is C27H43N3O2. The number of likely N-dealkylation sites (tertiary alicyclic amines) is 2. The Balaban J connectivity index is 1.66. The van der Waals surface area contributed by atoms with Gasteiger partial charge in [0.1, 0.15) is 0 Å². The van der Waals surface area contributed by atoms with Crippen molar-refractivity contribution in [1.82, 2.24) is 15.1 Å². The Morgan fingerprint density at radius 1 is 1.12 bits per heavy atom. The molecule has 2 saturated heterocycles. The van der Waals surface area contributed by atoms with Crippen LogP contribution in [0.3, 0.4) is 0 Å². The third kappa shape index (κ3) is 5.99. The minimum atomic E-state index is -0.268. The molecule has 2 heterocycles. The number of amides is 1. The number of nitrogens with one attached hydrogen (secondary N) is 1. The van der Waals surface area contributed by atoms with Gasteiger partial charge in [0.2, 0.25) is 5.91 Å². The van der Waals surface area contributed by atoms with Crippen molar-refractivity contribution in [1.29, 1.82) is 0 Å². The third-order valence-corrected chi connectivity index (χ3v) is 7.68. The summed E-state index contributed by atoms with van der Waals surface area (Å²) in [5, 5.41) is 3.11. The van der Waals surface area contributed by atoms with E-state index in [1.807, 2.05) is 14.0 Å². The van der Waals surface area contributed by atoms with Crippen molar-refractivity contribution in [2.24, 2.45) is 17.3 Å². The van der Waals surface area contributed by atoms with Gasteiger partial charge in [0, 0.05) is 38.0 Å². The Morgan fingerprint density at radius 2 is 1.81 bits per heavy atom. The molecule has 2 aliphatic heterocycles. The highest BCUT2D eigenvalue weighted by Crippen LogP contribution is 2.37. The summed E-state index contributed by atoms with van der Waals surface area (Å²) in [6.45, 7) is 12.3. The highest BCUT2D eigenvalue weighted by Gasteiger charge is 2.45. The first-order valence-electron chi connectivity index (χ1n) is 12.5. The van der Waals surface area contributed by atoms with Crippen LogP contribution in [0.25, 0.3) is 0 Å². The molecule has 0 saturated carbocycles. The number of piperidine rings is 1. The molecule has 0 aromatic heterocycles. The van der Waals surface area contributed by atoms with Crippen LogP contribution in [0.2, 0.25) is 0 Å². The zero-order valence-electron chi connectivity index (χ0n) is 20.8. The number of hydrogen-bond donors (Lipinski definition) is 1. The monoisotopic (exact) mass is 441 g/mol. The first kappa shape index (κ1) is 24.9. The van der Waals surface area contributed by atoms with Crippen LogP contribution in [0.15, 0.2) is 30.3 Å². The lowest BCUT2D eigenvalue weighted by atomic mass is 9.76. The topological polar surface area (TPSA) is 52.7 Å². The van der Waals surface area contributed by atoms with Gasteiger partial charge in [-0.15, -0.1) is 0 Å². The van der Waals surface area contributed by atoms with Gasteiger partial charge in [-0.25, -0.2) is 0 Å². The number of benzene rings is 1. The minimum Gasteiger partial charge on any atom is -0.338 e. The van der Waals surface area contributed by atoms with Crippen LogP contribution < -0.4 is 5.32 Å². The van der Waals surface area contributed by atoms with E-state index in [0.717, 1.165) is 45.4 Å². The maximum absolute atomic E-state index is 13.8. The van der Waals surface area contributed by atoms with Gasteiger partial charge in [-0.1, -0.05) is 58.0 Å². The molecule has 4 atom stereocenters. The molecule has 2 fully saturated rings. The molecule has 0 unspecified atom stereocenters. The first-order valence-corrected chi connectivity index (χ1v) is 12.5. The lowest BCUT2D eigenvalue weighted by Gasteiger charge is -2.41. The molecule has 32 heavy (non-hydrogen) atoms. The van der Waals surface area contributed by atoms with Crippen molar-refractivity contribution in [3.63, 3.8) is 0 Å². The summed E-state index contributed by atoms with van der Waals surface area (Å²) in [7, 11) is 1.83. The molecular weight excluding hydrogens is 398 g/mol.